The molecular weight excluding hydrogens is 489 g/mol. The number of H-pyrrole nitrogens is 2. The molecule has 7 rings (SSSR count). The van der Waals surface area contributed by atoms with Gasteiger partial charge in [0.05, 0.1) is 11.4 Å². The number of halogens is 1. The zero-order valence-electron chi connectivity index (χ0n) is 21.5. The number of aromatic amines is 2. The highest BCUT2D eigenvalue weighted by Crippen LogP contribution is 2.36. The van der Waals surface area contributed by atoms with Crippen molar-refractivity contribution in [3.63, 3.8) is 0 Å². The molecule has 6 aromatic rings. The molecule has 1 fully saturated rings. The summed E-state index contributed by atoms with van der Waals surface area (Å²) in [6.45, 7) is 3.64. The topological polar surface area (TPSA) is 69.8 Å². The van der Waals surface area contributed by atoms with E-state index in [0.717, 1.165) is 69.6 Å². The minimum absolute atomic E-state index is 0.310. The van der Waals surface area contributed by atoms with Crippen molar-refractivity contribution in [2.75, 3.05) is 26.2 Å². The number of rotatable bonds is 7. The summed E-state index contributed by atoms with van der Waals surface area (Å²) in [5.74, 6) is 0.242. The average Bonchev–Trinajstić information content (AvgIpc) is 3.72. The second-order valence-electron chi connectivity index (χ2n) is 10.1. The quantitative estimate of drug-likeness (QED) is 0.238. The van der Waals surface area contributed by atoms with Crippen LogP contribution in [0.4, 0.5) is 4.39 Å². The van der Waals surface area contributed by atoms with Gasteiger partial charge in [-0.2, -0.15) is 5.10 Å². The molecule has 2 N–H and O–H groups in total. The first-order valence-electron chi connectivity index (χ1n) is 13.4. The van der Waals surface area contributed by atoms with E-state index in [4.69, 9.17) is 4.74 Å². The minimum atomic E-state index is -0.310. The van der Waals surface area contributed by atoms with Crippen LogP contribution >= 0.6 is 0 Å². The van der Waals surface area contributed by atoms with E-state index < -0.39 is 0 Å². The van der Waals surface area contributed by atoms with Crippen LogP contribution in [0.2, 0.25) is 0 Å². The number of hydrogen-bond donors (Lipinski definition) is 2. The van der Waals surface area contributed by atoms with Gasteiger partial charge >= 0.3 is 0 Å². The standard InChI is InChI=1S/C32H28FN5O/c33-24-15-22(16-25(18-24)39-14-13-38-11-4-5-12-38)26-9-6-10-29-27(26)19-30(35-29)31-28-17-23(20-34-32(28)37-36-31)21-7-2-1-3-8-21/h1-3,6-10,15-20,35H,4-5,11-14H2,(H,34,36,37). The summed E-state index contributed by atoms with van der Waals surface area (Å²) in [5, 5.41) is 9.53. The molecule has 194 valence electrons. The van der Waals surface area contributed by atoms with E-state index in [1.165, 1.54) is 18.9 Å². The van der Waals surface area contributed by atoms with Crippen LogP contribution in [0.15, 0.2) is 85.1 Å². The number of pyridine rings is 1. The molecule has 0 bridgehead atoms. The van der Waals surface area contributed by atoms with Crippen LogP contribution in [0.3, 0.4) is 0 Å². The highest BCUT2D eigenvalue weighted by molar-refractivity contribution is 6.01. The molecule has 1 saturated heterocycles. The summed E-state index contributed by atoms with van der Waals surface area (Å²) in [6, 6.07) is 25.4. The van der Waals surface area contributed by atoms with E-state index in [0.29, 0.717) is 18.0 Å². The number of fused-ring (bicyclic) bond motifs is 2. The highest BCUT2D eigenvalue weighted by atomic mass is 19.1. The number of benzene rings is 3. The Morgan fingerprint density at radius 1 is 0.846 bits per heavy atom. The first-order chi connectivity index (χ1) is 19.2. The normalized spacial score (nSPS) is 14.0. The molecule has 3 aromatic heterocycles. The highest BCUT2D eigenvalue weighted by Gasteiger charge is 2.16. The van der Waals surface area contributed by atoms with Gasteiger partial charge in [-0.05, 0) is 73.0 Å². The van der Waals surface area contributed by atoms with Gasteiger partial charge in [-0.1, -0.05) is 42.5 Å². The maximum Gasteiger partial charge on any atom is 0.181 e. The van der Waals surface area contributed by atoms with Crippen molar-refractivity contribution in [3.05, 3.63) is 90.9 Å². The van der Waals surface area contributed by atoms with E-state index in [-0.39, 0.29) is 5.82 Å². The minimum Gasteiger partial charge on any atom is -0.492 e. The largest absolute Gasteiger partial charge is 0.492 e. The molecule has 0 atom stereocenters. The Morgan fingerprint density at radius 2 is 1.72 bits per heavy atom. The molecule has 1 aliphatic rings. The van der Waals surface area contributed by atoms with Crippen LogP contribution in [-0.2, 0) is 0 Å². The van der Waals surface area contributed by atoms with Crippen molar-refractivity contribution >= 4 is 21.9 Å². The van der Waals surface area contributed by atoms with Gasteiger partial charge in [0, 0.05) is 40.7 Å². The Hall–Kier alpha value is -4.49. The van der Waals surface area contributed by atoms with E-state index in [2.05, 4.69) is 49.3 Å². The third kappa shape index (κ3) is 4.66. The summed E-state index contributed by atoms with van der Waals surface area (Å²) in [6.07, 6.45) is 4.33. The molecule has 7 heteroatoms. The van der Waals surface area contributed by atoms with Gasteiger partial charge in [-0.25, -0.2) is 9.37 Å². The molecule has 39 heavy (non-hydrogen) atoms. The number of likely N-dealkylation sites (tertiary alicyclic amines) is 1. The lowest BCUT2D eigenvalue weighted by molar-refractivity contribution is 0.237. The van der Waals surface area contributed by atoms with Gasteiger partial charge in [0.2, 0.25) is 0 Å². The second-order valence-corrected chi connectivity index (χ2v) is 10.1. The van der Waals surface area contributed by atoms with Crippen LogP contribution < -0.4 is 4.74 Å². The lowest BCUT2D eigenvalue weighted by Gasteiger charge is -2.15. The van der Waals surface area contributed by atoms with E-state index in [1.54, 1.807) is 6.07 Å². The van der Waals surface area contributed by atoms with E-state index in [9.17, 15) is 4.39 Å². The van der Waals surface area contributed by atoms with Crippen LogP contribution in [-0.4, -0.2) is 51.3 Å². The van der Waals surface area contributed by atoms with Gasteiger partial charge in [-0.3, -0.25) is 10.00 Å². The number of aromatic nitrogens is 4. The number of ether oxygens (including phenoxy) is 1. The fraction of sp³-hybridized carbons (Fsp3) is 0.188. The molecular formula is C32H28FN5O. The first kappa shape index (κ1) is 23.6. The van der Waals surface area contributed by atoms with Gasteiger partial charge in [0.25, 0.3) is 0 Å². The zero-order valence-corrected chi connectivity index (χ0v) is 21.5. The second kappa shape index (κ2) is 10.0. The van der Waals surface area contributed by atoms with Crippen LogP contribution in [0.25, 0.3) is 55.6 Å². The molecule has 0 unspecified atom stereocenters. The Balaban J connectivity index is 1.23. The van der Waals surface area contributed by atoms with Gasteiger partial charge < -0.3 is 9.72 Å². The zero-order chi connectivity index (χ0) is 26.2. The van der Waals surface area contributed by atoms with E-state index >= 15 is 0 Å². The van der Waals surface area contributed by atoms with Crippen LogP contribution in [0.5, 0.6) is 5.75 Å². The summed E-state index contributed by atoms with van der Waals surface area (Å²) in [4.78, 5) is 10.5. The van der Waals surface area contributed by atoms with Crippen molar-refractivity contribution < 1.29 is 9.13 Å². The van der Waals surface area contributed by atoms with Gasteiger partial charge in [-0.15, -0.1) is 0 Å². The summed E-state index contributed by atoms with van der Waals surface area (Å²) in [5.41, 5.74) is 7.22. The van der Waals surface area contributed by atoms with Crippen molar-refractivity contribution in [3.8, 4) is 39.4 Å². The molecule has 0 saturated carbocycles. The smallest absolute Gasteiger partial charge is 0.181 e. The third-order valence-electron chi connectivity index (χ3n) is 7.51. The predicted molar refractivity (Wildman–Crippen MR) is 153 cm³/mol. The van der Waals surface area contributed by atoms with Crippen molar-refractivity contribution in [2.24, 2.45) is 0 Å². The molecule has 4 heterocycles. The monoisotopic (exact) mass is 517 g/mol. The van der Waals surface area contributed by atoms with Crippen molar-refractivity contribution in [2.45, 2.75) is 12.8 Å². The Labute approximate surface area is 225 Å². The Morgan fingerprint density at radius 3 is 2.59 bits per heavy atom. The lowest BCUT2D eigenvalue weighted by atomic mass is 10.0. The fourth-order valence-corrected chi connectivity index (χ4v) is 5.54. The molecule has 0 aliphatic carbocycles. The first-order valence-corrected chi connectivity index (χ1v) is 13.4. The SMILES string of the molecule is Fc1cc(OCCN2CCCC2)cc(-c2cccc3[nH]c(-c4[nH]nc5ncc(-c6ccccc6)cc45)cc23)c1. The molecule has 0 radical (unpaired) electrons. The number of nitrogens with zero attached hydrogens (tertiary/aromatic N) is 3. The summed E-state index contributed by atoms with van der Waals surface area (Å²) < 4.78 is 20.7. The molecule has 6 nitrogen and oxygen atoms in total. The third-order valence-corrected chi connectivity index (χ3v) is 7.51. The molecule has 1 aliphatic heterocycles. The molecule has 0 amide bonds. The molecule has 3 aromatic carbocycles. The van der Waals surface area contributed by atoms with Gasteiger partial charge in [0.1, 0.15) is 18.2 Å². The Kier molecular flexibility index (Phi) is 6.06. The van der Waals surface area contributed by atoms with Crippen molar-refractivity contribution in [1.29, 1.82) is 0 Å². The lowest BCUT2D eigenvalue weighted by Crippen LogP contribution is -2.25. The van der Waals surface area contributed by atoms with E-state index in [1.807, 2.05) is 48.7 Å². The fourth-order valence-electron chi connectivity index (χ4n) is 5.54. The maximum atomic E-state index is 14.7. The number of nitrogens with one attached hydrogen (secondary N) is 2. The van der Waals surface area contributed by atoms with Crippen molar-refractivity contribution in [1.82, 2.24) is 25.1 Å². The van der Waals surface area contributed by atoms with Crippen LogP contribution in [0.1, 0.15) is 12.8 Å². The molecule has 0 spiro atoms. The number of hydrogen-bond acceptors (Lipinski definition) is 4. The summed E-state index contributed by atoms with van der Waals surface area (Å²) in [7, 11) is 0. The predicted octanol–water partition coefficient (Wildman–Crippen LogP) is 7.05. The average molecular weight is 518 g/mol. The summed E-state index contributed by atoms with van der Waals surface area (Å²) >= 11 is 0. The van der Waals surface area contributed by atoms with Crippen LogP contribution in [0, 0.1) is 5.82 Å². The maximum absolute atomic E-state index is 14.7. The van der Waals surface area contributed by atoms with Gasteiger partial charge in [0.15, 0.2) is 5.65 Å². The Bertz CT molecular complexity index is 1770.